The van der Waals surface area contributed by atoms with Crippen LogP contribution in [0.25, 0.3) is 40.0 Å². The predicted octanol–water partition coefficient (Wildman–Crippen LogP) is 3.68. The number of hydrogen-bond acceptors (Lipinski definition) is 6. The number of hydrogen-bond donors (Lipinski definition) is 2. The maximum atomic E-state index is 16.3. The van der Waals surface area contributed by atoms with Crippen LogP contribution in [0.2, 0.25) is 0 Å². The largest absolute Gasteiger partial charge is 0.367 e. The van der Waals surface area contributed by atoms with Gasteiger partial charge in [-0.3, -0.25) is 15.0 Å². The van der Waals surface area contributed by atoms with E-state index in [-0.39, 0.29) is 5.57 Å². The van der Waals surface area contributed by atoms with Gasteiger partial charge in [0.1, 0.15) is 17.0 Å². The minimum atomic E-state index is -0.437. The molecule has 0 atom stereocenters. The Morgan fingerprint density at radius 2 is 1.88 bits per heavy atom. The SMILES string of the molecule is C=C(/C(F)=c1/c(-c2nc3c(N4CCN(C)CC4)cccc3[nH]2)n[nH]/c1=C/C)c1cncc(CN2CCCCC2)c1. The van der Waals surface area contributed by atoms with Crippen LogP contribution in [0, 0.1) is 0 Å². The fourth-order valence-electron chi connectivity index (χ4n) is 5.78. The third-order valence-electron chi connectivity index (χ3n) is 8.13. The number of H-pyrrole nitrogens is 2. The van der Waals surface area contributed by atoms with E-state index in [4.69, 9.17) is 4.98 Å². The molecule has 6 rings (SSSR count). The second-order valence-electron chi connectivity index (χ2n) is 10.9. The molecule has 0 saturated carbocycles. The summed E-state index contributed by atoms with van der Waals surface area (Å²) in [6.45, 7) is 12.9. The smallest absolute Gasteiger partial charge is 0.159 e. The van der Waals surface area contributed by atoms with Gasteiger partial charge in [0.05, 0.1) is 21.8 Å². The number of fused-ring (bicyclic) bond motifs is 1. The highest BCUT2D eigenvalue weighted by molar-refractivity contribution is 5.94. The molecule has 1 aromatic carbocycles. The highest BCUT2D eigenvalue weighted by atomic mass is 19.1. The number of rotatable bonds is 6. The van der Waals surface area contributed by atoms with Crippen LogP contribution in [0.4, 0.5) is 10.1 Å². The number of para-hydroxylation sites is 1. The van der Waals surface area contributed by atoms with Gasteiger partial charge in [-0.2, -0.15) is 5.10 Å². The molecule has 5 heterocycles. The molecule has 8 nitrogen and oxygen atoms in total. The number of piperazine rings is 1. The third-order valence-corrected chi connectivity index (χ3v) is 8.13. The molecule has 9 heteroatoms. The first-order chi connectivity index (χ1) is 19.5. The highest BCUT2D eigenvalue weighted by Crippen LogP contribution is 2.29. The van der Waals surface area contributed by atoms with Crippen LogP contribution < -0.4 is 15.5 Å². The number of imidazole rings is 1. The van der Waals surface area contributed by atoms with Crippen LogP contribution in [0.1, 0.15) is 37.3 Å². The van der Waals surface area contributed by atoms with E-state index < -0.39 is 5.83 Å². The molecule has 2 fully saturated rings. The van der Waals surface area contributed by atoms with Crippen molar-refractivity contribution in [3.63, 3.8) is 0 Å². The number of anilines is 1. The number of nitrogens with one attached hydrogen (secondary N) is 2. The van der Waals surface area contributed by atoms with Gasteiger partial charge < -0.3 is 14.8 Å². The number of likely N-dealkylation sites (N-methyl/N-ethyl adjacent to an activating group) is 1. The van der Waals surface area contributed by atoms with Crippen molar-refractivity contribution in [2.45, 2.75) is 32.7 Å². The molecule has 2 aliphatic rings. The number of benzene rings is 1. The lowest BCUT2D eigenvalue weighted by molar-refractivity contribution is 0.220. The summed E-state index contributed by atoms with van der Waals surface area (Å²) in [5.41, 5.74) is 5.30. The van der Waals surface area contributed by atoms with E-state index in [0.29, 0.717) is 27.6 Å². The maximum Gasteiger partial charge on any atom is 0.159 e. The molecule has 2 N–H and O–H groups in total. The monoisotopic (exact) mass is 540 g/mol. The number of aromatic nitrogens is 5. The second-order valence-corrected chi connectivity index (χ2v) is 10.9. The van der Waals surface area contributed by atoms with E-state index in [0.717, 1.165) is 68.1 Å². The van der Waals surface area contributed by atoms with Gasteiger partial charge in [0.2, 0.25) is 0 Å². The van der Waals surface area contributed by atoms with Gasteiger partial charge in [-0.1, -0.05) is 25.1 Å². The summed E-state index contributed by atoms with van der Waals surface area (Å²) < 4.78 is 16.3. The molecule has 3 aromatic heterocycles. The second kappa shape index (κ2) is 11.3. The Hall–Kier alpha value is -3.82. The normalized spacial score (nSPS) is 18.5. The Bertz CT molecular complexity index is 1640. The van der Waals surface area contributed by atoms with E-state index in [9.17, 15) is 0 Å². The number of aromatic amines is 2. The predicted molar refractivity (Wildman–Crippen MR) is 160 cm³/mol. The first-order valence-electron chi connectivity index (χ1n) is 14.2. The minimum absolute atomic E-state index is 0.285. The zero-order chi connectivity index (χ0) is 27.6. The Morgan fingerprint density at radius 3 is 2.65 bits per heavy atom. The van der Waals surface area contributed by atoms with Gasteiger partial charge in [-0.05, 0) is 63.7 Å². The summed E-state index contributed by atoms with van der Waals surface area (Å²) in [5, 5.41) is 8.44. The molecule has 0 radical (unpaired) electrons. The lowest BCUT2D eigenvalue weighted by atomic mass is 10.0. The lowest BCUT2D eigenvalue weighted by Gasteiger charge is -2.34. The van der Waals surface area contributed by atoms with Gasteiger partial charge in [0.25, 0.3) is 0 Å². The Balaban J connectivity index is 1.37. The first kappa shape index (κ1) is 26.4. The van der Waals surface area contributed by atoms with Crippen LogP contribution in [0.15, 0.2) is 43.2 Å². The van der Waals surface area contributed by atoms with E-state index in [2.05, 4.69) is 54.6 Å². The molecular formula is C31H37FN8. The first-order valence-corrected chi connectivity index (χ1v) is 14.2. The summed E-state index contributed by atoms with van der Waals surface area (Å²) >= 11 is 0. The number of nitrogens with zero attached hydrogens (tertiary/aromatic N) is 6. The topological polar surface area (TPSA) is 80.0 Å². The molecule has 40 heavy (non-hydrogen) atoms. The van der Waals surface area contributed by atoms with Crippen LogP contribution in [-0.4, -0.2) is 81.3 Å². The molecule has 208 valence electrons. The lowest BCUT2D eigenvalue weighted by Crippen LogP contribution is -2.44. The Kier molecular flexibility index (Phi) is 7.49. The average Bonchev–Trinajstić information content (AvgIpc) is 3.62. The number of likely N-dealkylation sites (tertiary alicyclic amines) is 1. The fourth-order valence-corrected chi connectivity index (χ4v) is 5.78. The van der Waals surface area contributed by atoms with Crippen molar-refractivity contribution in [2.75, 3.05) is 51.2 Å². The third kappa shape index (κ3) is 5.19. The van der Waals surface area contributed by atoms with Gasteiger partial charge in [-0.25, -0.2) is 9.37 Å². The number of allylic oxidation sites excluding steroid dienone is 1. The van der Waals surface area contributed by atoms with E-state index in [1.807, 2.05) is 37.4 Å². The highest BCUT2D eigenvalue weighted by Gasteiger charge is 2.21. The molecule has 0 amide bonds. The van der Waals surface area contributed by atoms with E-state index >= 15 is 4.39 Å². The summed E-state index contributed by atoms with van der Waals surface area (Å²) in [5.74, 6) is 0.0874. The van der Waals surface area contributed by atoms with Crippen molar-refractivity contribution in [1.82, 2.24) is 34.9 Å². The van der Waals surface area contributed by atoms with E-state index in [1.165, 1.54) is 19.3 Å². The number of piperidine rings is 1. The van der Waals surface area contributed by atoms with Gasteiger partial charge >= 0.3 is 0 Å². The Morgan fingerprint density at radius 1 is 1.07 bits per heavy atom. The molecule has 2 saturated heterocycles. The summed E-state index contributed by atoms with van der Waals surface area (Å²) in [6.07, 6.45) is 9.10. The average molecular weight is 541 g/mol. The van der Waals surface area contributed by atoms with Gasteiger partial charge in [-0.15, -0.1) is 0 Å². The Labute approximate surface area is 233 Å². The fraction of sp³-hybridized carbons (Fsp3) is 0.387. The molecular weight excluding hydrogens is 503 g/mol. The minimum Gasteiger partial charge on any atom is -0.367 e. The van der Waals surface area contributed by atoms with Crippen molar-refractivity contribution in [2.24, 2.45) is 0 Å². The zero-order valence-electron chi connectivity index (χ0n) is 23.4. The molecule has 0 spiro atoms. The number of pyridine rings is 1. The van der Waals surface area contributed by atoms with Crippen LogP contribution in [0.5, 0.6) is 0 Å². The van der Waals surface area contributed by atoms with Crippen LogP contribution >= 0.6 is 0 Å². The quantitative estimate of drug-likeness (QED) is 0.389. The van der Waals surface area contributed by atoms with Crippen LogP contribution in [-0.2, 0) is 6.54 Å². The summed E-state index contributed by atoms with van der Waals surface area (Å²) in [4.78, 5) is 19.9. The molecule has 0 aliphatic carbocycles. The van der Waals surface area contributed by atoms with Crippen molar-refractivity contribution in [3.8, 4) is 11.5 Å². The summed E-state index contributed by atoms with van der Waals surface area (Å²) in [7, 11) is 2.14. The van der Waals surface area contributed by atoms with E-state index in [1.54, 1.807) is 6.20 Å². The molecule has 4 aromatic rings. The van der Waals surface area contributed by atoms with Crippen molar-refractivity contribution < 1.29 is 4.39 Å². The molecule has 0 bridgehead atoms. The number of halogens is 1. The molecule has 0 unspecified atom stereocenters. The zero-order valence-corrected chi connectivity index (χ0v) is 23.4. The summed E-state index contributed by atoms with van der Waals surface area (Å²) in [6, 6.07) is 8.14. The van der Waals surface area contributed by atoms with Gasteiger partial charge in [0.15, 0.2) is 5.82 Å². The standard InChI is InChI=1S/C31H37FN8/c1-4-24-27(28(32)21(2)23-17-22(18-33-19-23)20-39-11-6-5-7-12-39)30(37-36-24)31-34-25-9-8-10-26(29(25)35-31)40-15-13-38(3)14-16-40/h4,8-10,17-19,36H,2,5-7,11-16,20H2,1,3H3,(H,34,35)/b24-4+,28-27-. The maximum absolute atomic E-state index is 16.3. The van der Waals surface area contributed by atoms with Crippen molar-refractivity contribution >= 4 is 34.2 Å². The van der Waals surface area contributed by atoms with Crippen molar-refractivity contribution in [3.05, 3.63) is 64.9 Å². The van der Waals surface area contributed by atoms with Crippen molar-refractivity contribution in [1.29, 1.82) is 0 Å². The van der Waals surface area contributed by atoms with Crippen LogP contribution in [0.3, 0.4) is 0 Å². The van der Waals surface area contributed by atoms with Gasteiger partial charge in [0, 0.05) is 56.3 Å². The molecule has 2 aliphatic heterocycles.